The molecule has 0 spiro atoms. The minimum absolute atomic E-state index is 0.00234. The smallest absolute Gasteiger partial charge is 0.338 e. The minimum Gasteiger partial charge on any atom is -0.458 e. The number of esters is 2. The number of carbonyl (C=O) groups is 2. The van der Waals surface area contributed by atoms with Crippen molar-refractivity contribution in [2.75, 3.05) is 0 Å². The van der Waals surface area contributed by atoms with Crippen molar-refractivity contribution in [2.24, 2.45) is 28.6 Å². The van der Waals surface area contributed by atoms with Crippen molar-refractivity contribution in [3.05, 3.63) is 83.4 Å². The topological polar surface area (TPSA) is 52.6 Å². The van der Waals surface area contributed by atoms with E-state index in [9.17, 15) is 9.59 Å². The molecule has 4 heteroatoms. The SMILES string of the molecule is C[C@]12CC[C@H]3[C@@H](CC=C4C[C@@H](OC(=O)c5ccccc5)CC[C@@]43C)[C@@H]1CC[C@H]2OC(=O)c1ccccc1. The lowest BCUT2D eigenvalue weighted by atomic mass is 9.48. The number of ether oxygens (including phenoxy) is 2. The summed E-state index contributed by atoms with van der Waals surface area (Å²) < 4.78 is 12.1. The van der Waals surface area contributed by atoms with Crippen LogP contribution in [0.2, 0.25) is 0 Å². The fraction of sp³-hybridized carbons (Fsp3) is 0.515. The number of rotatable bonds is 4. The number of fused-ring (bicyclic) bond motifs is 5. The summed E-state index contributed by atoms with van der Waals surface area (Å²) in [5.74, 6) is 1.48. The lowest BCUT2D eigenvalue weighted by molar-refractivity contribution is -0.0787. The van der Waals surface area contributed by atoms with E-state index in [0.29, 0.717) is 28.9 Å². The summed E-state index contributed by atoms with van der Waals surface area (Å²) in [7, 11) is 0. The lowest BCUT2D eigenvalue weighted by Gasteiger charge is -2.57. The molecule has 0 aliphatic heterocycles. The van der Waals surface area contributed by atoms with Crippen LogP contribution in [0.25, 0.3) is 0 Å². The van der Waals surface area contributed by atoms with Crippen LogP contribution in [0.15, 0.2) is 72.3 Å². The number of benzene rings is 2. The largest absolute Gasteiger partial charge is 0.458 e. The van der Waals surface area contributed by atoms with E-state index >= 15 is 0 Å². The van der Waals surface area contributed by atoms with Crippen molar-refractivity contribution in [2.45, 2.75) is 77.4 Å². The second kappa shape index (κ2) is 9.45. The monoisotopic (exact) mass is 498 g/mol. The quantitative estimate of drug-likeness (QED) is 0.325. The highest BCUT2D eigenvalue weighted by Crippen LogP contribution is 2.65. The molecule has 0 heterocycles. The van der Waals surface area contributed by atoms with Gasteiger partial charge in [-0.05, 0) is 92.4 Å². The van der Waals surface area contributed by atoms with E-state index in [2.05, 4.69) is 19.9 Å². The second-order valence-electron chi connectivity index (χ2n) is 12.3. The third kappa shape index (κ3) is 4.23. The molecule has 0 bridgehead atoms. The van der Waals surface area contributed by atoms with Gasteiger partial charge in [0.1, 0.15) is 12.2 Å². The van der Waals surface area contributed by atoms with Gasteiger partial charge >= 0.3 is 11.9 Å². The molecule has 7 atom stereocenters. The predicted molar refractivity (Wildman–Crippen MR) is 143 cm³/mol. The number of allylic oxidation sites excluding steroid dienone is 1. The zero-order valence-electron chi connectivity index (χ0n) is 22.0. The lowest BCUT2D eigenvalue weighted by Crippen LogP contribution is -2.51. The van der Waals surface area contributed by atoms with Crippen LogP contribution in [0.1, 0.15) is 85.9 Å². The maximum absolute atomic E-state index is 12.9. The molecule has 0 radical (unpaired) electrons. The third-order valence-corrected chi connectivity index (χ3v) is 10.5. The Kier molecular flexibility index (Phi) is 6.25. The molecule has 0 amide bonds. The maximum Gasteiger partial charge on any atom is 0.338 e. The summed E-state index contributed by atoms with van der Waals surface area (Å²) in [6.45, 7) is 4.85. The molecule has 3 fully saturated rings. The summed E-state index contributed by atoms with van der Waals surface area (Å²) in [5.41, 5.74) is 3.00. The average molecular weight is 499 g/mol. The van der Waals surface area contributed by atoms with Crippen molar-refractivity contribution < 1.29 is 19.1 Å². The first-order chi connectivity index (χ1) is 17.9. The first kappa shape index (κ1) is 24.5. The van der Waals surface area contributed by atoms with E-state index in [-0.39, 0.29) is 35.0 Å². The van der Waals surface area contributed by atoms with Gasteiger partial charge < -0.3 is 9.47 Å². The molecule has 37 heavy (non-hydrogen) atoms. The van der Waals surface area contributed by atoms with E-state index in [0.717, 1.165) is 44.9 Å². The Morgan fingerprint density at radius 2 is 1.41 bits per heavy atom. The molecule has 2 aromatic rings. The molecule has 6 rings (SSSR count). The number of hydrogen-bond acceptors (Lipinski definition) is 4. The molecule has 4 nitrogen and oxygen atoms in total. The molecule has 0 N–H and O–H groups in total. The molecule has 4 aliphatic rings. The van der Waals surface area contributed by atoms with Gasteiger partial charge in [0.05, 0.1) is 11.1 Å². The molecule has 0 aromatic heterocycles. The Morgan fingerprint density at radius 3 is 2.08 bits per heavy atom. The van der Waals surface area contributed by atoms with Gasteiger partial charge in [-0.3, -0.25) is 0 Å². The first-order valence-electron chi connectivity index (χ1n) is 14.1. The Balaban J connectivity index is 1.15. The summed E-state index contributed by atoms with van der Waals surface area (Å²) in [6.07, 6.45) is 10.8. The number of hydrogen-bond donors (Lipinski definition) is 0. The zero-order valence-corrected chi connectivity index (χ0v) is 22.0. The fourth-order valence-corrected chi connectivity index (χ4v) is 8.44. The van der Waals surface area contributed by atoms with Gasteiger partial charge in [0.15, 0.2) is 0 Å². The Hall–Kier alpha value is -2.88. The summed E-state index contributed by atoms with van der Waals surface area (Å²) in [4.78, 5) is 25.5. The van der Waals surface area contributed by atoms with Crippen LogP contribution in [-0.2, 0) is 9.47 Å². The Morgan fingerprint density at radius 1 is 0.757 bits per heavy atom. The van der Waals surface area contributed by atoms with Gasteiger partial charge in [0.2, 0.25) is 0 Å². The van der Waals surface area contributed by atoms with Gasteiger partial charge in [0.25, 0.3) is 0 Å². The average Bonchev–Trinajstić information content (AvgIpc) is 3.25. The molecule has 3 saturated carbocycles. The van der Waals surface area contributed by atoms with Crippen LogP contribution in [-0.4, -0.2) is 24.1 Å². The molecule has 0 saturated heterocycles. The van der Waals surface area contributed by atoms with E-state index in [1.54, 1.807) is 0 Å². The summed E-state index contributed by atoms with van der Waals surface area (Å²) in [5, 5.41) is 0. The van der Waals surface area contributed by atoms with Crippen molar-refractivity contribution >= 4 is 11.9 Å². The molecular formula is C33H38O4. The number of carbonyl (C=O) groups excluding carboxylic acids is 2. The fourth-order valence-electron chi connectivity index (χ4n) is 8.44. The second-order valence-corrected chi connectivity index (χ2v) is 12.3. The van der Waals surface area contributed by atoms with Crippen LogP contribution in [0.5, 0.6) is 0 Å². The molecule has 2 aromatic carbocycles. The van der Waals surface area contributed by atoms with Crippen molar-refractivity contribution in [1.82, 2.24) is 0 Å². The highest BCUT2D eigenvalue weighted by Gasteiger charge is 2.59. The van der Waals surface area contributed by atoms with E-state index in [1.165, 1.54) is 12.0 Å². The summed E-state index contributed by atoms with van der Waals surface area (Å²) in [6, 6.07) is 18.7. The molecule has 194 valence electrons. The van der Waals surface area contributed by atoms with Gasteiger partial charge in [-0.2, -0.15) is 0 Å². The van der Waals surface area contributed by atoms with Gasteiger partial charge in [-0.15, -0.1) is 0 Å². The summed E-state index contributed by atoms with van der Waals surface area (Å²) >= 11 is 0. The highest BCUT2D eigenvalue weighted by atomic mass is 16.5. The van der Waals surface area contributed by atoms with Gasteiger partial charge in [-0.25, -0.2) is 9.59 Å². The van der Waals surface area contributed by atoms with Crippen LogP contribution in [0.3, 0.4) is 0 Å². The maximum atomic E-state index is 12.9. The Bertz CT molecular complexity index is 1190. The van der Waals surface area contributed by atoms with Gasteiger partial charge in [-0.1, -0.05) is 61.9 Å². The standard InChI is InChI=1S/C33H38O4/c1-32-19-17-25(36-30(34)22-9-5-3-6-10-22)21-24(32)13-14-26-27-15-16-29(33(27,2)20-18-28(26)32)37-31(35)23-11-7-4-8-12-23/h3-13,25-29H,14-21H2,1-2H3/t25-,26-,27-,28-,29+,32-,33-/m0/s1. The third-order valence-electron chi connectivity index (χ3n) is 10.5. The minimum atomic E-state index is -0.209. The van der Waals surface area contributed by atoms with E-state index in [4.69, 9.17) is 9.47 Å². The van der Waals surface area contributed by atoms with Crippen LogP contribution in [0, 0.1) is 28.6 Å². The Labute approximate surface area is 220 Å². The van der Waals surface area contributed by atoms with Gasteiger partial charge in [0, 0.05) is 11.8 Å². The van der Waals surface area contributed by atoms with Crippen LogP contribution < -0.4 is 0 Å². The molecular weight excluding hydrogens is 460 g/mol. The normalized spacial score (nSPS) is 36.4. The van der Waals surface area contributed by atoms with E-state index in [1.807, 2.05) is 60.7 Å². The zero-order chi connectivity index (χ0) is 25.6. The van der Waals surface area contributed by atoms with Crippen molar-refractivity contribution in [1.29, 1.82) is 0 Å². The predicted octanol–water partition coefficient (Wildman–Crippen LogP) is 7.40. The van der Waals surface area contributed by atoms with Crippen molar-refractivity contribution in [3.8, 4) is 0 Å². The molecule has 0 unspecified atom stereocenters. The van der Waals surface area contributed by atoms with Crippen LogP contribution in [0.4, 0.5) is 0 Å². The first-order valence-corrected chi connectivity index (χ1v) is 14.1. The van der Waals surface area contributed by atoms with E-state index < -0.39 is 0 Å². The van der Waals surface area contributed by atoms with Crippen molar-refractivity contribution in [3.63, 3.8) is 0 Å². The van der Waals surface area contributed by atoms with Crippen LogP contribution >= 0.6 is 0 Å². The highest BCUT2D eigenvalue weighted by molar-refractivity contribution is 5.90. The molecule has 4 aliphatic carbocycles.